The van der Waals surface area contributed by atoms with Crippen LogP contribution in [0.2, 0.25) is 0 Å². The van der Waals surface area contributed by atoms with Crippen LogP contribution >= 0.6 is 11.8 Å². The van der Waals surface area contributed by atoms with Crippen molar-refractivity contribution in [2.75, 3.05) is 18.2 Å². The fourth-order valence-electron chi connectivity index (χ4n) is 1.14. The lowest BCUT2D eigenvalue weighted by atomic mass is 10.2. The highest BCUT2D eigenvalue weighted by molar-refractivity contribution is 7.99. The van der Waals surface area contributed by atoms with Gasteiger partial charge in [-0.1, -0.05) is 6.92 Å². The summed E-state index contributed by atoms with van der Waals surface area (Å²) in [4.78, 5) is 11.5. The lowest BCUT2D eigenvalue weighted by molar-refractivity contribution is -0.123. The molecule has 0 bridgehead atoms. The molecule has 3 N–H and O–H groups in total. The summed E-state index contributed by atoms with van der Waals surface area (Å²) in [6, 6.07) is -0.175. The molecule has 1 fully saturated rings. The molecule has 2 atom stereocenters. The first-order valence-corrected chi connectivity index (χ1v) is 5.65. The molecule has 0 saturated carbocycles. The van der Waals surface area contributed by atoms with Gasteiger partial charge in [-0.05, 0) is 6.42 Å². The van der Waals surface area contributed by atoms with Crippen LogP contribution in [0.5, 0.6) is 0 Å². The van der Waals surface area contributed by atoms with Gasteiger partial charge in [-0.15, -0.1) is 11.8 Å². The molecular formula is C8H16N2O2S. The zero-order chi connectivity index (χ0) is 9.68. The molecule has 1 aliphatic heterocycles. The van der Waals surface area contributed by atoms with Crippen molar-refractivity contribution >= 4 is 17.7 Å². The van der Waals surface area contributed by atoms with Crippen LogP contribution in [0.4, 0.5) is 0 Å². The molecular weight excluding hydrogens is 188 g/mol. The summed E-state index contributed by atoms with van der Waals surface area (Å²) in [5, 5.41) is 14.8. The van der Waals surface area contributed by atoms with E-state index in [2.05, 4.69) is 10.6 Å². The van der Waals surface area contributed by atoms with E-state index in [4.69, 9.17) is 5.11 Å². The first-order valence-electron chi connectivity index (χ1n) is 4.50. The van der Waals surface area contributed by atoms with Crippen molar-refractivity contribution in [1.82, 2.24) is 10.6 Å². The van der Waals surface area contributed by atoms with E-state index in [9.17, 15) is 4.79 Å². The third kappa shape index (κ3) is 3.17. The molecule has 13 heavy (non-hydrogen) atoms. The molecule has 2 unspecified atom stereocenters. The Labute approximate surface area is 82.5 Å². The Bertz CT molecular complexity index is 168. The first kappa shape index (κ1) is 10.8. The Hall–Kier alpha value is -0.260. The van der Waals surface area contributed by atoms with Gasteiger partial charge in [0, 0.05) is 11.6 Å². The highest BCUT2D eigenvalue weighted by Crippen LogP contribution is 2.09. The molecule has 4 nitrogen and oxygen atoms in total. The largest absolute Gasteiger partial charge is 0.394 e. The van der Waals surface area contributed by atoms with Gasteiger partial charge in [0.05, 0.1) is 18.7 Å². The average Bonchev–Trinajstić information content (AvgIpc) is 2.66. The molecule has 76 valence electrons. The normalized spacial score (nSPS) is 24.3. The molecule has 1 saturated heterocycles. The Balaban J connectivity index is 2.30. The summed E-state index contributed by atoms with van der Waals surface area (Å²) in [5.74, 6) is 1.67. The summed E-state index contributed by atoms with van der Waals surface area (Å²) < 4.78 is 0. The second kappa shape index (κ2) is 5.47. The quantitative estimate of drug-likeness (QED) is 0.580. The van der Waals surface area contributed by atoms with Gasteiger partial charge < -0.3 is 10.4 Å². The topological polar surface area (TPSA) is 61.4 Å². The van der Waals surface area contributed by atoms with Gasteiger partial charge in [0.2, 0.25) is 5.91 Å². The van der Waals surface area contributed by atoms with Crippen molar-refractivity contribution < 1.29 is 9.90 Å². The van der Waals surface area contributed by atoms with E-state index in [0.717, 1.165) is 18.1 Å². The summed E-state index contributed by atoms with van der Waals surface area (Å²) in [5.41, 5.74) is 0. The van der Waals surface area contributed by atoms with Gasteiger partial charge in [-0.2, -0.15) is 0 Å². The van der Waals surface area contributed by atoms with Gasteiger partial charge in [0.15, 0.2) is 0 Å². The van der Waals surface area contributed by atoms with Crippen LogP contribution in [0.15, 0.2) is 0 Å². The van der Waals surface area contributed by atoms with Crippen LogP contribution in [0.3, 0.4) is 0 Å². The molecule has 0 aliphatic carbocycles. The predicted molar refractivity (Wildman–Crippen MR) is 53.6 cm³/mol. The first-order chi connectivity index (χ1) is 6.27. The zero-order valence-electron chi connectivity index (χ0n) is 7.75. The molecule has 0 radical (unpaired) electrons. The number of carbonyl (C=O) groups is 1. The van der Waals surface area contributed by atoms with Crippen molar-refractivity contribution in [2.45, 2.75) is 25.4 Å². The number of nitrogens with one attached hydrogen (secondary N) is 2. The highest BCUT2D eigenvalue weighted by Gasteiger charge is 2.23. The average molecular weight is 204 g/mol. The van der Waals surface area contributed by atoms with E-state index in [1.54, 1.807) is 11.8 Å². The van der Waals surface area contributed by atoms with Gasteiger partial charge in [0.25, 0.3) is 0 Å². The van der Waals surface area contributed by atoms with E-state index in [0.29, 0.717) is 0 Å². The molecule has 0 aromatic heterocycles. The summed E-state index contributed by atoms with van der Waals surface area (Å²) in [7, 11) is 0. The van der Waals surface area contributed by atoms with Crippen LogP contribution in [0, 0.1) is 0 Å². The van der Waals surface area contributed by atoms with Gasteiger partial charge in [-0.3, -0.25) is 10.1 Å². The van der Waals surface area contributed by atoms with E-state index in [1.807, 2.05) is 6.92 Å². The molecule has 0 spiro atoms. The zero-order valence-corrected chi connectivity index (χ0v) is 8.56. The van der Waals surface area contributed by atoms with Crippen molar-refractivity contribution in [2.24, 2.45) is 0 Å². The second-order valence-corrected chi connectivity index (χ2v) is 4.10. The number of aliphatic hydroxyl groups excluding tert-OH is 1. The van der Waals surface area contributed by atoms with Gasteiger partial charge in [-0.25, -0.2) is 0 Å². The number of amides is 1. The predicted octanol–water partition coefficient (Wildman–Crippen LogP) is -0.464. The van der Waals surface area contributed by atoms with Crippen LogP contribution in [0.1, 0.15) is 13.3 Å². The van der Waals surface area contributed by atoms with Crippen LogP contribution in [-0.2, 0) is 4.79 Å². The minimum Gasteiger partial charge on any atom is -0.394 e. The van der Waals surface area contributed by atoms with Crippen LogP contribution in [-0.4, -0.2) is 41.3 Å². The lowest BCUT2D eigenvalue weighted by Crippen LogP contribution is -2.47. The number of hydrogen-bond donors (Lipinski definition) is 3. The van der Waals surface area contributed by atoms with E-state index < -0.39 is 0 Å². The Morgan fingerprint density at radius 1 is 1.85 bits per heavy atom. The molecule has 5 heteroatoms. The SMILES string of the molecule is CCC(CO)NC(=O)C1CSCN1. The third-order valence-corrected chi connectivity index (χ3v) is 3.03. The Kier molecular flexibility index (Phi) is 4.55. The minimum atomic E-state index is -0.0973. The van der Waals surface area contributed by atoms with Crippen molar-refractivity contribution in [3.05, 3.63) is 0 Å². The smallest absolute Gasteiger partial charge is 0.238 e. The number of hydrogen-bond acceptors (Lipinski definition) is 4. The maximum Gasteiger partial charge on any atom is 0.238 e. The molecule has 0 aromatic rings. The van der Waals surface area contributed by atoms with Crippen molar-refractivity contribution in [1.29, 1.82) is 0 Å². The number of carbonyl (C=O) groups excluding carboxylic acids is 1. The van der Waals surface area contributed by atoms with Crippen LogP contribution in [0.25, 0.3) is 0 Å². The molecule has 1 rings (SSSR count). The van der Waals surface area contributed by atoms with E-state index in [-0.39, 0.29) is 24.6 Å². The van der Waals surface area contributed by atoms with Crippen molar-refractivity contribution in [3.63, 3.8) is 0 Å². The minimum absolute atomic E-state index is 0.00546. The van der Waals surface area contributed by atoms with E-state index >= 15 is 0 Å². The van der Waals surface area contributed by atoms with E-state index in [1.165, 1.54) is 0 Å². The van der Waals surface area contributed by atoms with Crippen molar-refractivity contribution in [3.8, 4) is 0 Å². The summed E-state index contributed by atoms with van der Waals surface area (Å²) in [6.45, 7) is 1.96. The monoisotopic (exact) mass is 204 g/mol. The standard InChI is InChI=1S/C8H16N2O2S/c1-2-6(3-11)10-8(12)7-4-13-5-9-7/h6-7,9,11H,2-5H2,1H3,(H,10,12). The molecule has 1 aliphatic rings. The van der Waals surface area contributed by atoms with Gasteiger partial charge >= 0.3 is 0 Å². The number of aliphatic hydroxyl groups is 1. The van der Waals surface area contributed by atoms with Gasteiger partial charge in [0.1, 0.15) is 0 Å². The fraction of sp³-hybridized carbons (Fsp3) is 0.875. The second-order valence-electron chi connectivity index (χ2n) is 3.07. The molecule has 1 amide bonds. The number of thioether (sulfide) groups is 1. The maximum atomic E-state index is 11.5. The van der Waals surface area contributed by atoms with Crippen LogP contribution < -0.4 is 10.6 Å². The fourth-order valence-corrected chi connectivity index (χ4v) is 2.08. The number of rotatable bonds is 4. The lowest BCUT2D eigenvalue weighted by Gasteiger charge is -2.16. The summed E-state index contributed by atoms with van der Waals surface area (Å²) >= 11 is 1.72. The summed E-state index contributed by atoms with van der Waals surface area (Å²) in [6.07, 6.45) is 0.766. The molecule has 0 aromatic carbocycles. The third-order valence-electron chi connectivity index (χ3n) is 2.09. The Morgan fingerprint density at radius 3 is 3.08 bits per heavy atom. The highest BCUT2D eigenvalue weighted by atomic mass is 32.2. The molecule has 1 heterocycles. The maximum absolute atomic E-state index is 11.5. The Morgan fingerprint density at radius 2 is 2.62 bits per heavy atom.